The molecule has 0 fully saturated rings. The van der Waals surface area contributed by atoms with Crippen molar-refractivity contribution in [2.24, 2.45) is 5.92 Å². The van der Waals surface area contributed by atoms with Crippen molar-refractivity contribution in [2.45, 2.75) is 34.2 Å². The van der Waals surface area contributed by atoms with Gasteiger partial charge in [0.05, 0.1) is 6.61 Å². The van der Waals surface area contributed by atoms with Gasteiger partial charge >= 0.3 is 0 Å². The molecular weight excluding hydrogens is 250 g/mol. The summed E-state index contributed by atoms with van der Waals surface area (Å²) >= 11 is 0. The molecule has 0 bridgehead atoms. The summed E-state index contributed by atoms with van der Waals surface area (Å²) in [5.74, 6) is 0.662. The molecule has 1 heterocycles. The van der Waals surface area contributed by atoms with Crippen molar-refractivity contribution in [2.75, 3.05) is 37.7 Å². The molecule has 4 nitrogen and oxygen atoms in total. The summed E-state index contributed by atoms with van der Waals surface area (Å²) in [6.07, 6.45) is 3.83. The van der Waals surface area contributed by atoms with Gasteiger partial charge in [-0.1, -0.05) is 13.8 Å². The molecule has 1 aromatic heterocycles. The van der Waals surface area contributed by atoms with Crippen LogP contribution in [-0.4, -0.2) is 37.8 Å². The molecule has 0 spiro atoms. The van der Waals surface area contributed by atoms with Crippen molar-refractivity contribution >= 4 is 5.69 Å². The van der Waals surface area contributed by atoms with Gasteiger partial charge in [0.15, 0.2) is 0 Å². The number of hydrogen-bond donors (Lipinski definition) is 1. The van der Waals surface area contributed by atoms with Crippen molar-refractivity contribution in [3.8, 4) is 0 Å². The molecule has 0 aliphatic rings. The van der Waals surface area contributed by atoms with Crippen LogP contribution < -0.4 is 10.2 Å². The van der Waals surface area contributed by atoms with Crippen LogP contribution >= 0.6 is 0 Å². The summed E-state index contributed by atoms with van der Waals surface area (Å²) in [4.78, 5) is 6.61. The number of nitrogens with one attached hydrogen (secondary N) is 1. The van der Waals surface area contributed by atoms with E-state index < -0.39 is 0 Å². The van der Waals surface area contributed by atoms with E-state index in [0.717, 1.165) is 39.4 Å². The maximum Gasteiger partial charge on any atom is 0.0641 e. The first kappa shape index (κ1) is 16.9. The summed E-state index contributed by atoms with van der Waals surface area (Å²) in [7, 11) is 0. The van der Waals surface area contributed by atoms with Crippen molar-refractivity contribution in [1.82, 2.24) is 10.3 Å². The van der Waals surface area contributed by atoms with Gasteiger partial charge in [-0.3, -0.25) is 4.98 Å². The number of ether oxygens (including phenoxy) is 1. The number of nitrogens with zero attached hydrogens (tertiary/aromatic N) is 2. The third-order valence-corrected chi connectivity index (χ3v) is 3.18. The average molecular weight is 279 g/mol. The molecule has 114 valence electrons. The first-order valence-electron chi connectivity index (χ1n) is 7.65. The highest BCUT2D eigenvalue weighted by molar-refractivity contribution is 5.52. The third kappa shape index (κ3) is 5.88. The zero-order valence-corrected chi connectivity index (χ0v) is 13.4. The van der Waals surface area contributed by atoms with Crippen LogP contribution in [0.15, 0.2) is 18.5 Å². The Morgan fingerprint density at radius 2 is 2.15 bits per heavy atom. The first-order chi connectivity index (χ1) is 9.69. The van der Waals surface area contributed by atoms with E-state index >= 15 is 0 Å². The third-order valence-electron chi connectivity index (χ3n) is 3.18. The number of anilines is 1. The average Bonchev–Trinajstić information content (AvgIpc) is 2.44. The van der Waals surface area contributed by atoms with E-state index in [1.807, 2.05) is 19.3 Å². The van der Waals surface area contributed by atoms with E-state index in [0.29, 0.717) is 5.92 Å². The normalized spacial score (nSPS) is 11.1. The Balaban J connectivity index is 2.65. The minimum atomic E-state index is 0.662. The molecule has 0 aliphatic heterocycles. The largest absolute Gasteiger partial charge is 0.380 e. The smallest absolute Gasteiger partial charge is 0.0641 e. The highest BCUT2D eigenvalue weighted by Gasteiger charge is 2.09. The molecule has 1 N–H and O–H groups in total. The van der Waals surface area contributed by atoms with Gasteiger partial charge in [-0.2, -0.15) is 0 Å². The highest BCUT2D eigenvalue weighted by Crippen LogP contribution is 2.19. The lowest BCUT2D eigenvalue weighted by Gasteiger charge is -2.25. The van der Waals surface area contributed by atoms with Gasteiger partial charge in [-0.25, -0.2) is 0 Å². The van der Waals surface area contributed by atoms with Gasteiger partial charge in [0.25, 0.3) is 0 Å². The van der Waals surface area contributed by atoms with Crippen LogP contribution in [-0.2, 0) is 11.3 Å². The van der Waals surface area contributed by atoms with E-state index in [9.17, 15) is 0 Å². The quantitative estimate of drug-likeness (QED) is 0.668. The van der Waals surface area contributed by atoms with Crippen molar-refractivity contribution in [1.29, 1.82) is 0 Å². The van der Waals surface area contributed by atoms with Crippen LogP contribution in [0.2, 0.25) is 0 Å². The number of rotatable bonds is 10. The maximum absolute atomic E-state index is 5.47. The van der Waals surface area contributed by atoms with Crippen LogP contribution in [0, 0.1) is 5.92 Å². The molecule has 0 saturated carbocycles. The fourth-order valence-electron chi connectivity index (χ4n) is 2.13. The van der Waals surface area contributed by atoms with Gasteiger partial charge < -0.3 is 15.0 Å². The highest BCUT2D eigenvalue weighted by atomic mass is 16.5. The lowest BCUT2D eigenvalue weighted by molar-refractivity contribution is 0.154. The molecule has 0 aromatic carbocycles. The van der Waals surface area contributed by atoms with E-state index in [-0.39, 0.29) is 0 Å². The van der Waals surface area contributed by atoms with Gasteiger partial charge in [0, 0.05) is 49.9 Å². The Hall–Kier alpha value is -1.13. The maximum atomic E-state index is 5.47. The van der Waals surface area contributed by atoms with Crippen LogP contribution in [0.1, 0.15) is 33.3 Å². The fourth-order valence-corrected chi connectivity index (χ4v) is 2.13. The van der Waals surface area contributed by atoms with Crippen molar-refractivity contribution < 1.29 is 4.74 Å². The molecule has 0 unspecified atom stereocenters. The first-order valence-corrected chi connectivity index (χ1v) is 7.65. The monoisotopic (exact) mass is 279 g/mol. The lowest BCUT2D eigenvalue weighted by atomic mass is 10.2. The van der Waals surface area contributed by atoms with Crippen LogP contribution in [0.5, 0.6) is 0 Å². The summed E-state index contributed by atoms with van der Waals surface area (Å²) in [6, 6.07) is 2.10. The lowest BCUT2D eigenvalue weighted by Crippen LogP contribution is -2.29. The van der Waals surface area contributed by atoms with E-state index in [1.165, 1.54) is 11.3 Å². The zero-order valence-electron chi connectivity index (χ0n) is 13.4. The summed E-state index contributed by atoms with van der Waals surface area (Å²) < 4.78 is 5.47. The van der Waals surface area contributed by atoms with Crippen molar-refractivity contribution in [3.63, 3.8) is 0 Å². The fraction of sp³-hybridized carbons (Fsp3) is 0.688. The number of hydrogen-bond acceptors (Lipinski definition) is 4. The molecule has 1 aromatic rings. The number of pyridine rings is 1. The molecule has 0 atom stereocenters. The second-order valence-corrected chi connectivity index (χ2v) is 5.31. The number of likely N-dealkylation sites (N-methyl/N-ethyl adjacent to an activating group) is 1. The Morgan fingerprint density at radius 3 is 2.80 bits per heavy atom. The Bertz CT molecular complexity index is 368. The molecule has 0 saturated heterocycles. The second kappa shape index (κ2) is 9.72. The van der Waals surface area contributed by atoms with Crippen LogP contribution in [0.25, 0.3) is 0 Å². The standard InChI is InChI=1S/C16H29N3O/c1-5-19(9-10-20-6-2)16-7-8-17-12-15(16)13-18-11-14(3)4/h7-8,12,14,18H,5-6,9-11,13H2,1-4H3. The predicted octanol–water partition coefficient (Wildman–Crippen LogP) is 2.69. The molecule has 20 heavy (non-hydrogen) atoms. The van der Waals surface area contributed by atoms with Gasteiger partial charge in [0.2, 0.25) is 0 Å². The van der Waals surface area contributed by atoms with Crippen molar-refractivity contribution in [3.05, 3.63) is 24.0 Å². The molecule has 0 radical (unpaired) electrons. The Labute approximate surface area is 123 Å². The van der Waals surface area contributed by atoms with Gasteiger partial charge in [0.1, 0.15) is 0 Å². The van der Waals surface area contributed by atoms with E-state index in [2.05, 4.69) is 42.0 Å². The molecule has 4 heteroatoms. The summed E-state index contributed by atoms with van der Waals surface area (Å²) in [6.45, 7) is 14.0. The number of aromatic nitrogens is 1. The predicted molar refractivity (Wildman–Crippen MR) is 85.2 cm³/mol. The molecule has 1 rings (SSSR count). The minimum Gasteiger partial charge on any atom is -0.380 e. The summed E-state index contributed by atoms with van der Waals surface area (Å²) in [5.41, 5.74) is 2.52. The zero-order chi connectivity index (χ0) is 14.8. The second-order valence-electron chi connectivity index (χ2n) is 5.31. The Kier molecular flexibility index (Phi) is 8.23. The van der Waals surface area contributed by atoms with Crippen LogP contribution in [0.3, 0.4) is 0 Å². The van der Waals surface area contributed by atoms with Crippen LogP contribution in [0.4, 0.5) is 5.69 Å². The van der Waals surface area contributed by atoms with E-state index in [4.69, 9.17) is 4.74 Å². The van der Waals surface area contributed by atoms with Gasteiger partial charge in [-0.15, -0.1) is 0 Å². The SMILES string of the molecule is CCOCCN(CC)c1ccncc1CNCC(C)C. The summed E-state index contributed by atoms with van der Waals surface area (Å²) in [5, 5.41) is 3.49. The Morgan fingerprint density at radius 1 is 1.35 bits per heavy atom. The molecule has 0 aliphatic carbocycles. The van der Waals surface area contributed by atoms with Gasteiger partial charge in [-0.05, 0) is 32.4 Å². The molecular formula is C16H29N3O. The molecule has 0 amide bonds. The van der Waals surface area contributed by atoms with E-state index in [1.54, 1.807) is 0 Å². The topological polar surface area (TPSA) is 37.4 Å². The minimum absolute atomic E-state index is 0.662.